The summed E-state index contributed by atoms with van der Waals surface area (Å²) in [4.78, 5) is 12.8. The zero-order valence-electron chi connectivity index (χ0n) is 16.8. The second-order valence-electron chi connectivity index (χ2n) is 9.15. The number of ether oxygens (including phenoxy) is 2. The second kappa shape index (κ2) is 6.44. The van der Waals surface area contributed by atoms with Gasteiger partial charge >= 0.3 is 0 Å². The lowest BCUT2D eigenvalue weighted by Crippen LogP contribution is -2.39. The molecule has 6 rings (SSSR count). The van der Waals surface area contributed by atoms with E-state index in [1.54, 1.807) is 0 Å². The van der Waals surface area contributed by atoms with E-state index in [0.29, 0.717) is 32.1 Å². The molecule has 0 bridgehead atoms. The first-order valence-electron chi connectivity index (χ1n) is 10.8. The molecule has 3 aliphatic carbocycles. The molecule has 1 N–H and O–H groups in total. The molecule has 3 fully saturated rings. The zero-order chi connectivity index (χ0) is 19.6. The molecule has 29 heavy (non-hydrogen) atoms. The number of carbonyl (C=O) groups excluding carboxylic acids is 1. The third kappa shape index (κ3) is 3.02. The van der Waals surface area contributed by atoms with Crippen molar-refractivity contribution in [3.05, 3.63) is 28.8 Å². The maximum Gasteiger partial charge on any atom is 0.287 e. The highest BCUT2D eigenvalue weighted by Crippen LogP contribution is 2.58. The third-order valence-electron chi connectivity index (χ3n) is 6.87. The van der Waals surface area contributed by atoms with E-state index in [1.165, 1.54) is 31.2 Å². The van der Waals surface area contributed by atoms with Crippen molar-refractivity contribution in [2.45, 2.75) is 57.1 Å². The minimum absolute atomic E-state index is 0.1000. The minimum atomic E-state index is -0.185. The van der Waals surface area contributed by atoms with E-state index in [1.807, 2.05) is 6.92 Å². The van der Waals surface area contributed by atoms with Crippen LogP contribution in [0.5, 0.6) is 0 Å². The summed E-state index contributed by atoms with van der Waals surface area (Å²) in [6, 6.07) is 0. The molecule has 2 aromatic rings. The van der Waals surface area contributed by atoms with Crippen LogP contribution in [0.2, 0.25) is 0 Å². The van der Waals surface area contributed by atoms with Crippen molar-refractivity contribution in [2.75, 3.05) is 26.4 Å². The first-order valence-corrected chi connectivity index (χ1v) is 10.8. The number of fused-ring (bicyclic) bond motifs is 4. The Morgan fingerprint density at radius 1 is 1.34 bits per heavy atom. The SMILES string of the molecule is Cc1c(C(=O)NC[C@H]2COCCO2)oc2c1-c1nn(CC3CC3)cc1C1(CC1)C2. The van der Waals surface area contributed by atoms with E-state index < -0.39 is 0 Å². The predicted octanol–water partition coefficient (Wildman–Crippen LogP) is 2.59. The molecule has 2 aromatic heterocycles. The van der Waals surface area contributed by atoms with Gasteiger partial charge in [0.05, 0.1) is 31.6 Å². The highest BCUT2D eigenvalue weighted by atomic mass is 16.6. The molecule has 0 unspecified atom stereocenters. The Hall–Kier alpha value is -2.12. The fourth-order valence-electron chi connectivity index (χ4n) is 4.82. The van der Waals surface area contributed by atoms with Gasteiger partial charge in [-0.1, -0.05) is 0 Å². The quantitative estimate of drug-likeness (QED) is 0.839. The van der Waals surface area contributed by atoms with Crippen molar-refractivity contribution in [3.8, 4) is 11.3 Å². The Bertz CT molecular complexity index is 961. The van der Waals surface area contributed by atoms with Gasteiger partial charge in [0.15, 0.2) is 5.76 Å². The van der Waals surface area contributed by atoms with Crippen molar-refractivity contribution in [1.82, 2.24) is 15.1 Å². The van der Waals surface area contributed by atoms with Crippen LogP contribution in [0, 0.1) is 12.8 Å². The molecule has 4 aliphatic rings. The molecule has 1 amide bonds. The van der Waals surface area contributed by atoms with Crippen LogP contribution in [0.15, 0.2) is 10.6 Å². The molecule has 7 nitrogen and oxygen atoms in total. The van der Waals surface area contributed by atoms with Crippen LogP contribution in [-0.2, 0) is 27.9 Å². The number of furan rings is 1. The zero-order valence-corrected chi connectivity index (χ0v) is 16.8. The lowest BCUT2D eigenvalue weighted by atomic mass is 9.82. The summed E-state index contributed by atoms with van der Waals surface area (Å²) < 4.78 is 19.3. The molecular weight excluding hydrogens is 370 g/mol. The maximum atomic E-state index is 12.8. The monoisotopic (exact) mass is 397 g/mol. The van der Waals surface area contributed by atoms with Gasteiger partial charge in [-0.3, -0.25) is 9.48 Å². The number of carbonyl (C=O) groups is 1. The molecule has 1 spiro atoms. The molecule has 0 radical (unpaired) electrons. The van der Waals surface area contributed by atoms with Gasteiger partial charge in [-0.15, -0.1) is 0 Å². The molecular formula is C22H27N3O4. The largest absolute Gasteiger partial charge is 0.455 e. The second-order valence-corrected chi connectivity index (χ2v) is 9.15. The molecule has 0 aromatic carbocycles. The molecule has 3 heterocycles. The van der Waals surface area contributed by atoms with Crippen LogP contribution in [0.3, 0.4) is 0 Å². The number of nitrogens with one attached hydrogen (secondary N) is 1. The van der Waals surface area contributed by atoms with E-state index in [2.05, 4.69) is 16.2 Å². The Balaban J connectivity index is 1.28. The topological polar surface area (TPSA) is 78.5 Å². The summed E-state index contributed by atoms with van der Waals surface area (Å²) in [5.74, 6) is 1.93. The van der Waals surface area contributed by atoms with Gasteiger partial charge in [-0.2, -0.15) is 5.10 Å². The Labute approximate surface area is 169 Å². The van der Waals surface area contributed by atoms with Crippen molar-refractivity contribution >= 4 is 5.91 Å². The molecule has 1 aliphatic heterocycles. The van der Waals surface area contributed by atoms with E-state index in [0.717, 1.165) is 41.5 Å². The average molecular weight is 397 g/mol. The summed E-state index contributed by atoms with van der Waals surface area (Å²) in [6.07, 6.45) is 8.01. The summed E-state index contributed by atoms with van der Waals surface area (Å²) in [5.41, 5.74) is 4.50. The number of amides is 1. The maximum absolute atomic E-state index is 12.8. The number of aromatic nitrogens is 2. The number of nitrogens with zero attached hydrogens (tertiary/aromatic N) is 2. The fourth-order valence-corrected chi connectivity index (χ4v) is 4.82. The van der Waals surface area contributed by atoms with Crippen LogP contribution in [0.1, 0.15) is 53.1 Å². The van der Waals surface area contributed by atoms with Gasteiger partial charge in [-0.05, 0) is 38.5 Å². The molecule has 154 valence electrons. The summed E-state index contributed by atoms with van der Waals surface area (Å²) in [5, 5.41) is 7.90. The van der Waals surface area contributed by atoms with Crippen LogP contribution >= 0.6 is 0 Å². The summed E-state index contributed by atoms with van der Waals surface area (Å²) in [7, 11) is 0. The smallest absolute Gasteiger partial charge is 0.287 e. The number of hydrogen-bond acceptors (Lipinski definition) is 5. The van der Waals surface area contributed by atoms with Crippen LogP contribution in [-0.4, -0.2) is 48.2 Å². The van der Waals surface area contributed by atoms with Gasteiger partial charge < -0.3 is 19.2 Å². The first kappa shape index (κ1) is 17.7. The normalized spacial score (nSPS) is 24.2. The average Bonchev–Trinajstić information content (AvgIpc) is 3.62. The van der Waals surface area contributed by atoms with Crippen LogP contribution in [0.4, 0.5) is 0 Å². The standard InChI is InChI=1S/C22H27N3O4/c1-13-18-17(29-20(13)21(26)23-9-15-12-27-6-7-28-15)8-22(4-5-22)16-11-25(24-19(16)18)10-14-2-3-14/h11,14-15H,2-10,12H2,1H3,(H,23,26)/t15-/m0/s1. The molecule has 1 atom stereocenters. The summed E-state index contributed by atoms with van der Waals surface area (Å²) >= 11 is 0. The number of rotatable bonds is 5. The van der Waals surface area contributed by atoms with Gasteiger partial charge in [0.1, 0.15) is 5.76 Å². The Kier molecular flexibility index (Phi) is 3.93. The van der Waals surface area contributed by atoms with E-state index in [9.17, 15) is 4.79 Å². The van der Waals surface area contributed by atoms with E-state index in [-0.39, 0.29) is 17.4 Å². The predicted molar refractivity (Wildman–Crippen MR) is 105 cm³/mol. The van der Waals surface area contributed by atoms with Crippen molar-refractivity contribution in [2.24, 2.45) is 5.92 Å². The molecule has 7 heteroatoms. The highest BCUT2D eigenvalue weighted by molar-refractivity contribution is 5.95. The van der Waals surface area contributed by atoms with Crippen molar-refractivity contribution in [3.63, 3.8) is 0 Å². The molecule has 2 saturated carbocycles. The van der Waals surface area contributed by atoms with Crippen molar-refractivity contribution in [1.29, 1.82) is 0 Å². The fraction of sp³-hybridized carbons (Fsp3) is 0.636. The minimum Gasteiger partial charge on any atom is -0.455 e. The Morgan fingerprint density at radius 3 is 2.93 bits per heavy atom. The van der Waals surface area contributed by atoms with Gasteiger partial charge in [0.25, 0.3) is 5.91 Å². The van der Waals surface area contributed by atoms with Crippen LogP contribution < -0.4 is 5.32 Å². The van der Waals surface area contributed by atoms with E-state index in [4.69, 9.17) is 19.0 Å². The lowest BCUT2D eigenvalue weighted by molar-refractivity contribution is -0.0856. The molecule has 1 saturated heterocycles. The van der Waals surface area contributed by atoms with Crippen LogP contribution in [0.25, 0.3) is 11.3 Å². The lowest BCUT2D eigenvalue weighted by Gasteiger charge is -2.22. The third-order valence-corrected chi connectivity index (χ3v) is 6.87. The van der Waals surface area contributed by atoms with Crippen molar-refractivity contribution < 1.29 is 18.7 Å². The Morgan fingerprint density at radius 2 is 2.21 bits per heavy atom. The van der Waals surface area contributed by atoms with E-state index >= 15 is 0 Å². The first-order chi connectivity index (χ1) is 14.1. The number of hydrogen-bond donors (Lipinski definition) is 1. The van der Waals surface area contributed by atoms with Gasteiger partial charge in [0.2, 0.25) is 0 Å². The van der Waals surface area contributed by atoms with Gasteiger partial charge in [-0.25, -0.2) is 0 Å². The highest BCUT2D eigenvalue weighted by Gasteiger charge is 2.52. The van der Waals surface area contributed by atoms with Gasteiger partial charge in [0, 0.05) is 47.8 Å². The summed E-state index contributed by atoms with van der Waals surface area (Å²) in [6.45, 7) is 5.11.